The number of carbonyl (C=O) groups is 2. The van der Waals surface area contributed by atoms with Crippen molar-refractivity contribution < 1.29 is 37.0 Å². The molecule has 3 rings (SSSR count). The summed E-state index contributed by atoms with van der Waals surface area (Å²) >= 11 is 1.07. The number of aliphatic hydroxyl groups excluding tert-OH is 1. The highest BCUT2D eigenvalue weighted by atomic mass is 32.1. The van der Waals surface area contributed by atoms with Gasteiger partial charge >= 0.3 is 6.18 Å². The summed E-state index contributed by atoms with van der Waals surface area (Å²) in [6, 6.07) is 8.34. The lowest BCUT2D eigenvalue weighted by molar-refractivity contribution is -0.137. The van der Waals surface area contributed by atoms with Crippen LogP contribution in [0.1, 0.15) is 33.8 Å². The number of ether oxygens (including phenoxy) is 1. The molecule has 34 heavy (non-hydrogen) atoms. The Bertz CT molecular complexity index is 1180. The minimum absolute atomic E-state index is 0.244. The van der Waals surface area contributed by atoms with Gasteiger partial charge in [-0.2, -0.15) is 17.5 Å². The van der Waals surface area contributed by atoms with E-state index in [9.17, 15) is 27.2 Å². The Morgan fingerprint density at radius 3 is 2.41 bits per heavy atom. The van der Waals surface area contributed by atoms with Gasteiger partial charge in [0.25, 0.3) is 5.91 Å². The molecule has 7 nitrogen and oxygen atoms in total. The minimum atomic E-state index is -4.44. The highest BCUT2D eigenvalue weighted by molar-refractivity contribution is 7.06. The number of alkyl halides is 3. The van der Waals surface area contributed by atoms with Crippen LogP contribution in [0, 0.1) is 5.82 Å². The molecule has 0 saturated carbocycles. The summed E-state index contributed by atoms with van der Waals surface area (Å²) in [6.07, 6.45) is -4.98. The molecule has 1 unspecified atom stereocenters. The number of carbonyl (C=O) groups excluding carboxylic acids is 2. The second-order valence-electron chi connectivity index (χ2n) is 7.20. The van der Waals surface area contributed by atoms with Crippen molar-refractivity contribution in [2.45, 2.75) is 25.2 Å². The van der Waals surface area contributed by atoms with E-state index in [2.05, 4.69) is 9.69 Å². The monoisotopic (exact) mass is 497 g/mol. The molecule has 0 aliphatic rings. The number of hydrogen-bond acceptors (Lipinski definition) is 6. The van der Waals surface area contributed by atoms with E-state index in [1.807, 2.05) is 0 Å². The normalized spacial score (nSPS) is 13.2. The van der Waals surface area contributed by atoms with Gasteiger partial charge in [-0.1, -0.05) is 6.07 Å². The lowest BCUT2D eigenvalue weighted by Crippen LogP contribution is -2.47. The number of aromatic nitrogens is 1. The maximum absolute atomic E-state index is 14.5. The van der Waals surface area contributed by atoms with Gasteiger partial charge in [0.05, 0.1) is 28.3 Å². The lowest BCUT2D eigenvalue weighted by atomic mass is 10.1. The summed E-state index contributed by atoms with van der Waals surface area (Å²) in [6.45, 7) is 0.967. The number of halogens is 4. The first-order valence-electron chi connectivity index (χ1n) is 9.81. The van der Waals surface area contributed by atoms with Crippen molar-refractivity contribution in [3.63, 3.8) is 0 Å². The number of amides is 2. The Kier molecular flexibility index (Phi) is 7.52. The molecule has 0 aliphatic heterocycles. The summed E-state index contributed by atoms with van der Waals surface area (Å²) in [5.41, 5.74) is 4.68. The molecule has 4 N–H and O–H groups in total. The average Bonchev–Trinajstić information content (AvgIpc) is 3.27. The van der Waals surface area contributed by atoms with Gasteiger partial charge in [-0.05, 0) is 60.9 Å². The molecular formula is C22H19F4N3O4S. The van der Waals surface area contributed by atoms with Gasteiger partial charge in [0.15, 0.2) is 0 Å². The molecule has 0 spiro atoms. The molecule has 0 radical (unpaired) electrons. The van der Waals surface area contributed by atoms with Crippen molar-refractivity contribution in [3.8, 4) is 17.0 Å². The predicted molar refractivity (Wildman–Crippen MR) is 116 cm³/mol. The van der Waals surface area contributed by atoms with E-state index in [1.165, 1.54) is 24.3 Å². The van der Waals surface area contributed by atoms with Gasteiger partial charge in [0, 0.05) is 5.56 Å². The predicted octanol–water partition coefficient (Wildman–Crippen LogP) is 3.68. The van der Waals surface area contributed by atoms with Crippen LogP contribution in [-0.2, 0) is 11.0 Å². The van der Waals surface area contributed by atoms with Crippen molar-refractivity contribution in [2.75, 3.05) is 6.61 Å². The number of nitrogens with two attached hydrogens (primary N) is 1. The fourth-order valence-corrected chi connectivity index (χ4v) is 3.63. The van der Waals surface area contributed by atoms with Crippen molar-refractivity contribution >= 4 is 23.3 Å². The van der Waals surface area contributed by atoms with E-state index in [0.29, 0.717) is 16.1 Å². The molecule has 180 valence electrons. The van der Waals surface area contributed by atoms with Crippen LogP contribution >= 0.6 is 11.5 Å². The Morgan fingerprint density at radius 2 is 1.85 bits per heavy atom. The van der Waals surface area contributed by atoms with E-state index in [-0.39, 0.29) is 11.3 Å². The Balaban J connectivity index is 1.71. The molecule has 0 fully saturated rings. The number of aliphatic hydroxyl groups is 1. The Hall–Kier alpha value is -3.51. The summed E-state index contributed by atoms with van der Waals surface area (Å²) in [5, 5.41) is 11.2. The first-order chi connectivity index (χ1) is 16.0. The van der Waals surface area contributed by atoms with E-state index >= 15 is 0 Å². The standard InChI is InChI=1S/C22H19F4N3O4S/c1-11(33-14-5-3-13(4-6-14)22(24,25)26)19-9-17(29-34-19)12-2-7-15(16(23)8-12)21(32)28-18(10-30)20(27)31/h2-9,11,18,30H,10H2,1H3,(H2,27,31)(H,28,32)/t11?,18-/m0/s1. The lowest BCUT2D eigenvalue weighted by Gasteiger charge is -2.14. The van der Waals surface area contributed by atoms with Crippen LogP contribution in [0.3, 0.4) is 0 Å². The SMILES string of the molecule is CC(Oc1ccc(C(F)(F)F)cc1)c1cc(-c2ccc(C(=O)N[C@@H](CO)C(N)=O)c(F)c2)ns1. The van der Waals surface area contributed by atoms with E-state index in [4.69, 9.17) is 15.6 Å². The molecule has 2 amide bonds. The third kappa shape index (κ3) is 5.88. The van der Waals surface area contributed by atoms with Crippen molar-refractivity contribution in [3.05, 3.63) is 70.4 Å². The zero-order valence-electron chi connectivity index (χ0n) is 17.6. The Morgan fingerprint density at radius 1 is 1.18 bits per heavy atom. The first kappa shape index (κ1) is 25.1. The molecule has 0 bridgehead atoms. The van der Waals surface area contributed by atoms with Gasteiger partial charge < -0.3 is 20.9 Å². The number of primary amides is 1. The number of nitrogens with one attached hydrogen (secondary N) is 1. The van der Waals surface area contributed by atoms with Crippen LogP contribution < -0.4 is 15.8 Å². The fraction of sp³-hybridized carbons (Fsp3) is 0.227. The van der Waals surface area contributed by atoms with Crippen LogP contribution in [0.2, 0.25) is 0 Å². The van der Waals surface area contributed by atoms with Crippen LogP contribution in [0.25, 0.3) is 11.3 Å². The zero-order valence-corrected chi connectivity index (χ0v) is 18.4. The quantitative estimate of drug-likeness (QED) is 0.411. The Labute approximate surface area is 195 Å². The van der Waals surface area contributed by atoms with E-state index in [1.54, 1.807) is 13.0 Å². The smallest absolute Gasteiger partial charge is 0.416 e. The fourth-order valence-electron chi connectivity index (χ4n) is 2.90. The highest BCUT2D eigenvalue weighted by Gasteiger charge is 2.30. The van der Waals surface area contributed by atoms with Crippen molar-refractivity contribution in [1.29, 1.82) is 0 Å². The number of nitrogens with zero attached hydrogens (tertiary/aromatic N) is 1. The van der Waals surface area contributed by atoms with E-state index < -0.39 is 48.1 Å². The van der Waals surface area contributed by atoms with Gasteiger partial charge in [-0.25, -0.2) is 4.39 Å². The minimum Gasteiger partial charge on any atom is -0.485 e. The van der Waals surface area contributed by atoms with Crippen LogP contribution in [-0.4, -0.2) is 33.9 Å². The molecule has 3 aromatic rings. The topological polar surface area (TPSA) is 115 Å². The average molecular weight is 497 g/mol. The molecular weight excluding hydrogens is 478 g/mol. The van der Waals surface area contributed by atoms with Gasteiger partial charge in [-0.15, -0.1) is 0 Å². The summed E-state index contributed by atoms with van der Waals surface area (Å²) in [5.74, 6) is -2.51. The molecule has 1 aromatic heterocycles. The molecule has 0 saturated heterocycles. The van der Waals surface area contributed by atoms with Crippen molar-refractivity contribution in [2.24, 2.45) is 5.73 Å². The first-order valence-corrected chi connectivity index (χ1v) is 10.6. The molecule has 2 atom stereocenters. The molecule has 1 heterocycles. The number of hydrogen-bond donors (Lipinski definition) is 3. The summed E-state index contributed by atoms with van der Waals surface area (Å²) in [7, 11) is 0. The largest absolute Gasteiger partial charge is 0.485 e. The summed E-state index contributed by atoms with van der Waals surface area (Å²) in [4.78, 5) is 24.0. The van der Waals surface area contributed by atoms with Gasteiger partial charge in [-0.3, -0.25) is 9.59 Å². The van der Waals surface area contributed by atoms with E-state index in [0.717, 1.165) is 29.7 Å². The molecule has 12 heteroatoms. The third-order valence-corrected chi connectivity index (χ3v) is 5.71. The molecule has 2 aromatic carbocycles. The number of benzene rings is 2. The third-order valence-electron chi connectivity index (χ3n) is 4.76. The number of rotatable bonds is 8. The van der Waals surface area contributed by atoms with Crippen molar-refractivity contribution in [1.82, 2.24) is 9.69 Å². The maximum atomic E-state index is 14.5. The van der Waals surface area contributed by atoms with Crippen LogP contribution in [0.4, 0.5) is 17.6 Å². The zero-order chi connectivity index (χ0) is 25.0. The van der Waals surface area contributed by atoms with Crippen LogP contribution in [0.5, 0.6) is 5.75 Å². The molecule has 0 aliphatic carbocycles. The summed E-state index contributed by atoms with van der Waals surface area (Å²) < 4.78 is 62.5. The van der Waals surface area contributed by atoms with Crippen LogP contribution in [0.15, 0.2) is 48.5 Å². The van der Waals surface area contributed by atoms with Gasteiger partial charge in [0.1, 0.15) is 23.7 Å². The second kappa shape index (κ2) is 10.2. The second-order valence-corrected chi connectivity index (χ2v) is 8.04. The van der Waals surface area contributed by atoms with Gasteiger partial charge in [0.2, 0.25) is 5.91 Å². The highest BCUT2D eigenvalue weighted by Crippen LogP contribution is 2.33. The maximum Gasteiger partial charge on any atom is 0.416 e.